The molecule has 0 spiro atoms. The highest BCUT2D eigenvalue weighted by molar-refractivity contribution is 5.34. The van der Waals surface area contributed by atoms with Crippen LogP contribution in [0, 0.1) is 0 Å². The van der Waals surface area contributed by atoms with E-state index in [4.69, 9.17) is 4.74 Å². The first-order chi connectivity index (χ1) is 6.27. The van der Waals surface area contributed by atoms with Gasteiger partial charge in [-0.1, -0.05) is 6.08 Å². The molecule has 2 rings (SSSR count). The van der Waals surface area contributed by atoms with Crippen molar-refractivity contribution in [2.24, 2.45) is 0 Å². The molecule has 1 saturated carbocycles. The third-order valence-electron chi connectivity index (χ3n) is 3.09. The Balaban J connectivity index is 2.29. The Morgan fingerprint density at radius 3 is 3.15 bits per heavy atom. The molecule has 2 aliphatic carbocycles. The van der Waals surface area contributed by atoms with Gasteiger partial charge in [0.25, 0.3) is 0 Å². The number of aliphatic hydroxyl groups is 1. The van der Waals surface area contributed by atoms with Gasteiger partial charge in [0.2, 0.25) is 0 Å². The molecular weight excluding hydrogens is 164 g/mol. The highest BCUT2D eigenvalue weighted by atomic mass is 16.5. The second-order valence-electron chi connectivity index (χ2n) is 3.84. The maximum absolute atomic E-state index is 9.44. The largest absolute Gasteiger partial charge is 0.385 e. The van der Waals surface area contributed by atoms with Gasteiger partial charge >= 0.3 is 0 Å². The van der Waals surface area contributed by atoms with Crippen LogP contribution < -0.4 is 0 Å². The Kier molecular flexibility index (Phi) is 2.26. The van der Waals surface area contributed by atoms with E-state index in [-0.39, 0.29) is 5.60 Å². The second kappa shape index (κ2) is 3.28. The number of ether oxygens (including phenoxy) is 1. The Bertz CT molecular complexity index is 255. The smallest absolute Gasteiger partial charge is 0.107 e. The molecule has 13 heavy (non-hydrogen) atoms. The molecular formula is C11H16O2. The molecule has 0 aromatic rings. The lowest BCUT2D eigenvalue weighted by Gasteiger charge is -2.38. The Morgan fingerprint density at radius 1 is 1.54 bits per heavy atom. The molecule has 0 bridgehead atoms. The minimum atomic E-state index is -0.406. The van der Waals surface area contributed by atoms with E-state index in [1.807, 2.05) is 18.2 Å². The van der Waals surface area contributed by atoms with Gasteiger partial charge in [-0.05, 0) is 43.4 Å². The van der Waals surface area contributed by atoms with Crippen LogP contribution in [0.25, 0.3) is 0 Å². The van der Waals surface area contributed by atoms with Crippen molar-refractivity contribution < 1.29 is 9.84 Å². The van der Waals surface area contributed by atoms with Crippen LogP contribution in [0.5, 0.6) is 0 Å². The van der Waals surface area contributed by atoms with Gasteiger partial charge in [-0.15, -0.1) is 0 Å². The van der Waals surface area contributed by atoms with Gasteiger partial charge in [-0.2, -0.15) is 0 Å². The number of hydrogen-bond donors (Lipinski definition) is 1. The first-order valence-electron chi connectivity index (χ1n) is 4.91. The van der Waals surface area contributed by atoms with Crippen molar-refractivity contribution >= 4 is 0 Å². The molecule has 0 heterocycles. The van der Waals surface area contributed by atoms with Gasteiger partial charge in [0.1, 0.15) is 5.60 Å². The predicted octanol–water partition coefficient (Wildman–Crippen LogP) is 1.80. The molecule has 0 aromatic heterocycles. The lowest BCUT2D eigenvalue weighted by Crippen LogP contribution is -2.37. The summed E-state index contributed by atoms with van der Waals surface area (Å²) in [6.07, 6.45) is 9.92. The lowest BCUT2D eigenvalue weighted by molar-refractivity contribution is 0.0377. The topological polar surface area (TPSA) is 29.5 Å². The van der Waals surface area contributed by atoms with E-state index in [0.717, 1.165) is 12.8 Å². The molecule has 0 amide bonds. The standard InChI is InChI=1S/C11H16O2/c1-13-11-6-3-2-4-9(11)8-10(12)5-7-11/h5,7-8,10,12H,2-4,6H2,1H3/t10?,11-/m1/s1. The highest BCUT2D eigenvalue weighted by Crippen LogP contribution is 2.39. The van der Waals surface area contributed by atoms with Crippen molar-refractivity contribution in [2.45, 2.75) is 37.4 Å². The van der Waals surface area contributed by atoms with Crippen molar-refractivity contribution in [2.75, 3.05) is 7.11 Å². The van der Waals surface area contributed by atoms with Crippen molar-refractivity contribution in [3.05, 3.63) is 23.8 Å². The Hall–Kier alpha value is -0.600. The molecule has 0 aliphatic heterocycles. The average molecular weight is 180 g/mol. The van der Waals surface area contributed by atoms with E-state index in [9.17, 15) is 5.11 Å². The molecule has 2 aliphatic rings. The number of hydrogen-bond acceptors (Lipinski definition) is 2. The van der Waals surface area contributed by atoms with Crippen LogP contribution in [0.15, 0.2) is 23.8 Å². The van der Waals surface area contributed by atoms with Gasteiger partial charge in [0.05, 0.1) is 6.10 Å². The summed E-state index contributed by atoms with van der Waals surface area (Å²) in [5.41, 5.74) is 1.08. The van der Waals surface area contributed by atoms with Gasteiger partial charge in [-0.3, -0.25) is 0 Å². The van der Waals surface area contributed by atoms with Crippen LogP contribution in [0.2, 0.25) is 0 Å². The first kappa shape index (κ1) is 8.97. The van der Waals surface area contributed by atoms with Crippen LogP contribution in [-0.4, -0.2) is 23.9 Å². The molecule has 72 valence electrons. The normalized spacial score (nSPS) is 38.3. The van der Waals surface area contributed by atoms with Crippen LogP contribution in [0.3, 0.4) is 0 Å². The first-order valence-corrected chi connectivity index (χ1v) is 4.91. The molecule has 1 unspecified atom stereocenters. The van der Waals surface area contributed by atoms with Gasteiger partial charge in [0.15, 0.2) is 0 Å². The summed E-state index contributed by atoms with van der Waals surface area (Å²) in [6, 6.07) is 0. The van der Waals surface area contributed by atoms with Crippen molar-refractivity contribution in [1.82, 2.24) is 0 Å². The highest BCUT2D eigenvalue weighted by Gasteiger charge is 2.35. The number of rotatable bonds is 1. The summed E-state index contributed by atoms with van der Waals surface area (Å²) < 4.78 is 5.56. The summed E-state index contributed by atoms with van der Waals surface area (Å²) >= 11 is 0. The van der Waals surface area contributed by atoms with Crippen LogP contribution in [0.1, 0.15) is 25.7 Å². The van der Waals surface area contributed by atoms with Crippen LogP contribution >= 0.6 is 0 Å². The SMILES string of the molecule is CO[C@]12C=CC(O)C=C1CCCC2. The molecule has 2 atom stereocenters. The molecule has 0 radical (unpaired) electrons. The van der Waals surface area contributed by atoms with E-state index >= 15 is 0 Å². The third kappa shape index (κ3) is 1.45. The van der Waals surface area contributed by atoms with Gasteiger partial charge in [-0.25, -0.2) is 0 Å². The summed E-state index contributed by atoms with van der Waals surface area (Å²) in [7, 11) is 1.75. The fraction of sp³-hybridized carbons (Fsp3) is 0.636. The fourth-order valence-corrected chi connectivity index (χ4v) is 2.31. The molecule has 2 nitrogen and oxygen atoms in total. The maximum atomic E-state index is 9.44. The molecule has 2 heteroatoms. The predicted molar refractivity (Wildman–Crippen MR) is 51.4 cm³/mol. The Labute approximate surface area is 78.9 Å². The van der Waals surface area contributed by atoms with E-state index in [1.165, 1.54) is 18.4 Å². The summed E-state index contributed by atoms with van der Waals surface area (Å²) in [5.74, 6) is 0. The van der Waals surface area contributed by atoms with Crippen molar-refractivity contribution in [3.8, 4) is 0 Å². The summed E-state index contributed by atoms with van der Waals surface area (Å²) in [5, 5.41) is 9.44. The van der Waals surface area contributed by atoms with Crippen molar-refractivity contribution in [3.63, 3.8) is 0 Å². The number of aliphatic hydroxyl groups excluding tert-OH is 1. The molecule has 0 aromatic carbocycles. The molecule has 0 saturated heterocycles. The van der Waals surface area contributed by atoms with Crippen LogP contribution in [0.4, 0.5) is 0 Å². The summed E-state index contributed by atoms with van der Waals surface area (Å²) in [4.78, 5) is 0. The zero-order chi connectivity index (χ0) is 9.31. The zero-order valence-electron chi connectivity index (χ0n) is 7.99. The Morgan fingerprint density at radius 2 is 2.38 bits per heavy atom. The monoisotopic (exact) mass is 180 g/mol. The molecule has 1 fully saturated rings. The van der Waals surface area contributed by atoms with Crippen LogP contribution in [-0.2, 0) is 4.74 Å². The zero-order valence-corrected chi connectivity index (χ0v) is 7.99. The number of methoxy groups -OCH3 is 1. The summed E-state index contributed by atoms with van der Waals surface area (Å²) in [6.45, 7) is 0. The quantitative estimate of drug-likeness (QED) is 0.623. The minimum absolute atomic E-state index is 0.183. The van der Waals surface area contributed by atoms with E-state index in [0.29, 0.717) is 0 Å². The fourth-order valence-electron chi connectivity index (χ4n) is 2.31. The van der Waals surface area contributed by atoms with E-state index in [1.54, 1.807) is 7.11 Å². The van der Waals surface area contributed by atoms with Gasteiger partial charge in [0, 0.05) is 7.11 Å². The maximum Gasteiger partial charge on any atom is 0.107 e. The minimum Gasteiger partial charge on any atom is -0.385 e. The van der Waals surface area contributed by atoms with E-state index in [2.05, 4.69) is 0 Å². The average Bonchev–Trinajstić information content (AvgIpc) is 2.18. The van der Waals surface area contributed by atoms with E-state index < -0.39 is 6.10 Å². The molecule has 1 N–H and O–H groups in total. The van der Waals surface area contributed by atoms with Crippen molar-refractivity contribution in [1.29, 1.82) is 0 Å². The van der Waals surface area contributed by atoms with Gasteiger partial charge < -0.3 is 9.84 Å². The second-order valence-corrected chi connectivity index (χ2v) is 3.84. The lowest BCUT2D eigenvalue weighted by atomic mass is 9.76. The third-order valence-corrected chi connectivity index (χ3v) is 3.09. The number of fused-ring (bicyclic) bond motifs is 1.